The molecule has 2 rings (SSSR count). The van der Waals surface area contributed by atoms with Crippen LogP contribution in [0.4, 0.5) is 5.69 Å². The largest absolute Gasteiger partial charge is 0.495 e. The van der Waals surface area contributed by atoms with E-state index in [2.05, 4.69) is 10.3 Å². The van der Waals surface area contributed by atoms with E-state index in [0.717, 1.165) is 4.88 Å². The highest BCUT2D eigenvalue weighted by atomic mass is 35.5. The molecule has 0 spiro atoms. The van der Waals surface area contributed by atoms with E-state index in [9.17, 15) is 4.79 Å². The standard InChI is InChI=1S/C12H12ClN3O2S/c1-18-10-3-2-7(11(14)17)4-9(10)15-5-8-6-16-12(13)19-8/h2-4,6,15H,5H2,1H3,(H2,14,17). The van der Waals surface area contributed by atoms with Crippen LogP contribution in [0, 0.1) is 0 Å². The number of carbonyl (C=O) groups excluding carboxylic acids is 1. The highest BCUT2D eigenvalue weighted by Crippen LogP contribution is 2.27. The molecular weight excluding hydrogens is 286 g/mol. The van der Waals surface area contributed by atoms with Crippen molar-refractivity contribution in [2.24, 2.45) is 5.73 Å². The Balaban J connectivity index is 2.17. The first kappa shape index (κ1) is 13.6. The van der Waals surface area contributed by atoms with Gasteiger partial charge in [-0.3, -0.25) is 4.79 Å². The van der Waals surface area contributed by atoms with E-state index >= 15 is 0 Å². The van der Waals surface area contributed by atoms with Crippen molar-refractivity contribution < 1.29 is 9.53 Å². The van der Waals surface area contributed by atoms with Gasteiger partial charge >= 0.3 is 0 Å². The third-order valence-corrected chi connectivity index (χ3v) is 3.58. The van der Waals surface area contributed by atoms with Gasteiger partial charge < -0.3 is 15.8 Å². The lowest BCUT2D eigenvalue weighted by atomic mass is 10.1. The predicted molar refractivity (Wildman–Crippen MR) is 76.0 cm³/mol. The quantitative estimate of drug-likeness (QED) is 0.889. The van der Waals surface area contributed by atoms with E-state index in [1.807, 2.05) is 0 Å². The van der Waals surface area contributed by atoms with Gasteiger partial charge in [0.25, 0.3) is 0 Å². The summed E-state index contributed by atoms with van der Waals surface area (Å²) in [5.74, 6) is 0.159. The highest BCUT2D eigenvalue weighted by molar-refractivity contribution is 7.15. The summed E-state index contributed by atoms with van der Waals surface area (Å²) in [4.78, 5) is 16.1. The molecule has 2 aromatic rings. The van der Waals surface area contributed by atoms with Gasteiger partial charge in [0.2, 0.25) is 5.91 Å². The zero-order chi connectivity index (χ0) is 13.8. The van der Waals surface area contributed by atoms with Crippen LogP contribution < -0.4 is 15.8 Å². The van der Waals surface area contributed by atoms with Crippen LogP contribution in [0.2, 0.25) is 4.47 Å². The molecule has 0 fully saturated rings. The molecule has 5 nitrogen and oxygen atoms in total. The molecule has 0 unspecified atom stereocenters. The summed E-state index contributed by atoms with van der Waals surface area (Å²) in [6.45, 7) is 0.545. The van der Waals surface area contributed by atoms with Crippen LogP contribution in [-0.2, 0) is 6.54 Å². The topological polar surface area (TPSA) is 77.2 Å². The van der Waals surface area contributed by atoms with Crippen molar-refractivity contribution in [3.8, 4) is 5.75 Å². The number of primary amides is 1. The zero-order valence-corrected chi connectivity index (χ0v) is 11.7. The number of benzene rings is 1. The zero-order valence-electron chi connectivity index (χ0n) is 10.1. The number of thiazole rings is 1. The maximum Gasteiger partial charge on any atom is 0.248 e. The van der Waals surface area contributed by atoms with E-state index in [0.29, 0.717) is 28.0 Å². The average Bonchev–Trinajstić information content (AvgIpc) is 2.81. The number of aromatic nitrogens is 1. The van der Waals surface area contributed by atoms with Crippen molar-refractivity contribution in [3.05, 3.63) is 39.3 Å². The van der Waals surface area contributed by atoms with Gasteiger partial charge in [0.1, 0.15) is 5.75 Å². The SMILES string of the molecule is COc1ccc(C(N)=O)cc1NCc1cnc(Cl)s1. The summed E-state index contributed by atoms with van der Waals surface area (Å²) in [6.07, 6.45) is 1.70. The molecule has 3 N–H and O–H groups in total. The summed E-state index contributed by atoms with van der Waals surface area (Å²) in [5.41, 5.74) is 6.37. The Morgan fingerprint density at radius 3 is 2.95 bits per heavy atom. The third kappa shape index (κ3) is 3.36. The van der Waals surface area contributed by atoms with Crippen molar-refractivity contribution in [2.75, 3.05) is 12.4 Å². The van der Waals surface area contributed by atoms with Gasteiger partial charge in [-0.15, -0.1) is 11.3 Å². The average molecular weight is 298 g/mol. The number of halogens is 1. The second-order valence-electron chi connectivity index (χ2n) is 3.71. The van der Waals surface area contributed by atoms with Gasteiger partial charge in [-0.1, -0.05) is 11.6 Å². The lowest BCUT2D eigenvalue weighted by Gasteiger charge is -2.11. The number of methoxy groups -OCH3 is 1. The Hall–Kier alpha value is -1.79. The molecule has 0 aliphatic rings. The molecule has 100 valence electrons. The van der Waals surface area contributed by atoms with Gasteiger partial charge in [0.15, 0.2) is 4.47 Å². The smallest absolute Gasteiger partial charge is 0.248 e. The molecule has 0 atom stereocenters. The second kappa shape index (κ2) is 5.90. The first-order valence-electron chi connectivity index (χ1n) is 5.42. The Morgan fingerprint density at radius 1 is 1.58 bits per heavy atom. The Labute approximate surface area is 119 Å². The second-order valence-corrected chi connectivity index (χ2v) is 5.41. The Bertz CT molecular complexity index is 600. The van der Waals surface area contributed by atoms with E-state index in [4.69, 9.17) is 22.1 Å². The van der Waals surface area contributed by atoms with Crippen LogP contribution in [0.1, 0.15) is 15.2 Å². The molecule has 0 aliphatic heterocycles. The van der Waals surface area contributed by atoms with Crippen molar-refractivity contribution in [1.29, 1.82) is 0 Å². The fourth-order valence-corrected chi connectivity index (χ4v) is 2.46. The lowest BCUT2D eigenvalue weighted by Crippen LogP contribution is -2.11. The number of anilines is 1. The minimum atomic E-state index is -0.480. The molecule has 0 saturated heterocycles. The predicted octanol–water partition coefficient (Wildman–Crippen LogP) is 2.52. The minimum Gasteiger partial charge on any atom is -0.495 e. The van der Waals surface area contributed by atoms with Gasteiger partial charge in [-0.2, -0.15) is 0 Å². The summed E-state index contributed by atoms with van der Waals surface area (Å²) in [5, 5.41) is 3.17. The number of hydrogen-bond acceptors (Lipinski definition) is 5. The van der Waals surface area contributed by atoms with E-state index in [1.165, 1.54) is 11.3 Å². The van der Waals surface area contributed by atoms with Crippen LogP contribution in [-0.4, -0.2) is 18.0 Å². The van der Waals surface area contributed by atoms with Crippen molar-refractivity contribution in [3.63, 3.8) is 0 Å². The van der Waals surface area contributed by atoms with Crippen molar-refractivity contribution in [1.82, 2.24) is 4.98 Å². The summed E-state index contributed by atoms with van der Waals surface area (Å²) >= 11 is 7.15. The molecule has 7 heteroatoms. The normalized spacial score (nSPS) is 10.2. The number of hydrogen-bond donors (Lipinski definition) is 2. The van der Waals surface area contributed by atoms with E-state index < -0.39 is 5.91 Å². The molecule has 1 aromatic heterocycles. The van der Waals surface area contributed by atoms with Gasteiger partial charge in [0.05, 0.1) is 19.3 Å². The van der Waals surface area contributed by atoms with E-state index in [1.54, 1.807) is 31.5 Å². The van der Waals surface area contributed by atoms with Crippen LogP contribution in [0.15, 0.2) is 24.4 Å². The first-order valence-corrected chi connectivity index (χ1v) is 6.61. The molecule has 1 amide bonds. The Kier molecular flexibility index (Phi) is 4.24. The summed E-state index contributed by atoms with van der Waals surface area (Å²) in [7, 11) is 1.56. The van der Waals surface area contributed by atoms with Gasteiger partial charge in [0, 0.05) is 16.6 Å². The lowest BCUT2D eigenvalue weighted by molar-refractivity contribution is 0.100. The molecule has 1 heterocycles. The number of carbonyl (C=O) groups is 1. The van der Waals surface area contributed by atoms with E-state index in [-0.39, 0.29) is 0 Å². The van der Waals surface area contributed by atoms with Gasteiger partial charge in [-0.05, 0) is 18.2 Å². The summed E-state index contributed by atoms with van der Waals surface area (Å²) in [6, 6.07) is 4.97. The highest BCUT2D eigenvalue weighted by Gasteiger charge is 2.08. The maximum absolute atomic E-state index is 11.2. The number of rotatable bonds is 5. The molecule has 19 heavy (non-hydrogen) atoms. The minimum absolute atomic E-state index is 0.422. The molecular formula is C12H12ClN3O2S. The molecule has 0 aliphatic carbocycles. The van der Waals surface area contributed by atoms with Crippen molar-refractivity contribution >= 4 is 34.5 Å². The van der Waals surface area contributed by atoms with Crippen LogP contribution in [0.5, 0.6) is 5.75 Å². The fraction of sp³-hybridized carbons (Fsp3) is 0.167. The Morgan fingerprint density at radius 2 is 2.37 bits per heavy atom. The van der Waals surface area contributed by atoms with Gasteiger partial charge in [-0.25, -0.2) is 4.98 Å². The molecule has 0 radical (unpaired) electrons. The number of nitrogens with zero attached hydrogens (tertiary/aromatic N) is 1. The van der Waals surface area contributed by atoms with Crippen LogP contribution in [0.25, 0.3) is 0 Å². The summed E-state index contributed by atoms with van der Waals surface area (Å²) < 4.78 is 5.72. The third-order valence-electron chi connectivity index (χ3n) is 2.46. The number of ether oxygens (including phenoxy) is 1. The fourth-order valence-electron chi connectivity index (χ4n) is 1.55. The van der Waals surface area contributed by atoms with Crippen molar-refractivity contribution in [2.45, 2.75) is 6.54 Å². The molecule has 0 bridgehead atoms. The first-order chi connectivity index (χ1) is 9.10. The van der Waals surface area contributed by atoms with Crippen LogP contribution >= 0.6 is 22.9 Å². The number of nitrogens with one attached hydrogen (secondary N) is 1. The molecule has 1 aromatic carbocycles. The van der Waals surface area contributed by atoms with Crippen LogP contribution in [0.3, 0.4) is 0 Å². The number of nitrogens with two attached hydrogens (primary N) is 1. The monoisotopic (exact) mass is 297 g/mol. The number of amides is 1. The maximum atomic E-state index is 11.2. The molecule has 0 saturated carbocycles.